The molecule has 0 radical (unpaired) electrons. The van der Waals surface area contributed by atoms with Crippen molar-refractivity contribution in [2.24, 2.45) is 5.73 Å². The summed E-state index contributed by atoms with van der Waals surface area (Å²) in [6.07, 6.45) is 0. The van der Waals surface area contributed by atoms with Crippen molar-refractivity contribution in [3.8, 4) is 5.75 Å². The largest absolute Gasteiger partial charge is 0.491 e. The zero-order valence-corrected chi connectivity index (χ0v) is 8.82. The molecule has 1 heterocycles. The number of benzene rings is 1. The molecule has 1 aromatic rings. The van der Waals surface area contributed by atoms with Gasteiger partial charge in [0, 0.05) is 25.2 Å². The Morgan fingerprint density at radius 3 is 3.06 bits per heavy atom. The van der Waals surface area contributed by atoms with E-state index in [9.17, 15) is 4.79 Å². The van der Waals surface area contributed by atoms with E-state index in [-0.39, 0.29) is 5.56 Å². The Balaban J connectivity index is 2.53. The molecule has 0 amide bonds. The topological polar surface area (TPSA) is 84.6 Å². The van der Waals surface area contributed by atoms with Gasteiger partial charge in [-0.1, -0.05) is 0 Å². The molecule has 5 heteroatoms. The number of nitrogens with two attached hydrogens (primary N) is 1. The Bertz CT molecular complexity index is 418. The van der Waals surface area contributed by atoms with Gasteiger partial charge in [-0.05, 0) is 17.7 Å². The molecule has 0 saturated carbocycles. The highest BCUT2D eigenvalue weighted by molar-refractivity contribution is 5.91. The van der Waals surface area contributed by atoms with Gasteiger partial charge in [-0.25, -0.2) is 4.79 Å². The van der Waals surface area contributed by atoms with E-state index in [1.54, 1.807) is 6.07 Å². The molecule has 0 fully saturated rings. The van der Waals surface area contributed by atoms with Gasteiger partial charge in [0.2, 0.25) is 0 Å². The van der Waals surface area contributed by atoms with Crippen LogP contribution >= 0.6 is 0 Å². The fraction of sp³-hybridized carbons (Fsp3) is 0.364. The van der Waals surface area contributed by atoms with E-state index in [0.29, 0.717) is 32.0 Å². The van der Waals surface area contributed by atoms with Crippen molar-refractivity contribution in [2.45, 2.75) is 13.1 Å². The highest BCUT2D eigenvalue weighted by Crippen LogP contribution is 2.27. The first-order valence-corrected chi connectivity index (χ1v) is 5.15. The van der Waals surface area contributed by atoms with Crippen LogP contribution in [0, 0.1) is 0 Å². The van der Waals surface area contributed by atoms with Crippen LogP contribution in [0.2, 0.25) is 0 Å². The van der Waals surface area contributed by atoms with Gasteiger partial charge in [0.15, 0.2) is 0 Å². The SMILES string of the molecule is NCc1cc2c(c(C(=O)O)c1)OCCNC2. The number of hydrogen-bond acceptors (Lipinski definition) is 4. The van der Waals surface area contributed by atoms with Crippen molar-refractivity contribution in [2.75, 3.05) is 13.2 Å². The van der Waals surface area contributed by atoms with Gasteiger partial charge < -0.3 is 20.9 Å². The third-order valence-corrected chi connectivity index (χ3v) is 2.53. The molecule has 0 unspecified atom stereocenters. The predicted molar refractivity (Wildman–Crippen MR) is 58.5 cm³/mol. The van der Waals surface area contributed by atoms with Gasteiger partial charge in [-0.15, -0.1) is 0 Å². The first-order valence-electron chi connectivity index (χ1n) is 5.15. The van der Waals surface area contributed by atoms with E-state index in [1.165, 1.54) is 0 Å². The number of carbonyl (C=O) groups is 1. The fourth-order valence-corrected chi connectivity index (χ4v) is 1.78. The molecule has 0 spiro atoms. The van der Waals surface area contributed by atoms with Crippen LogP contribution < -0.4 is 15.8 Å². The Morgan fingerprint density at radius 2 is 2.38 bits per heavy atom. The summed E-state index contributed by atoms with van der Waals surface area (Å²) in [4.78, 5) is 11.1. The maximum absolute atomic E-state index is 11.1. The predicted octanol–water partition coefficient (Wildman–Crippen LogP) is 0.325. The van der Waals surface area contributed by atoms with E-state index >= 15 is 0 Å². The zero-order chi connectivity index (χ0) is 11.5. The monoisotopic (exact) mass is 222 g/mol. The summed E-state index contributed by atoms with van der Waals surface area (Å²) >= 11 is 0. The molecule has 1 aliphatic rings. The molecule has 1 aromatic carbocycles. The lowest BCUT2D eigenvalue weighted by atomic mass is 10.0. The minimum absolute atomic E-state index is 0.196. The summed E-state index contributed by atoms with van der Waals surface area (Å²) < 4.78 is 5.46. The van der Waals surface area contributed by atoms with E-state index < -0.39 is 5.97 Å². The molecular formula is C11H14N2O3. The number of carboxylic acids is 1. The Labute approximate surface area is 93.2 Å². The fourth-order valence-electron chi connectivity index (χ4n) is 1.78. The van der Waals surface area contributed by atoms with Crippen LogP contribution in [-0.4, -0.2) is 24.2 Å². The molecule has 0 bridgehead atoms. The minimum atomic E-state index is -0.978. The smallest absolute Gasteiger partial charge is 0.339 e. The molecular weight excluding hydrogens is 208 g/mol. The molecule has 0 saturated heterocycles. The van der Waals surface area contributed by atoms with Crippen LogP contribution in [-0.2, 0) is 13.1 Å². The molecule has 0 aromatic heterocycles. The summed E-state index contributed by atoms with van der Waals surface area (Å²) in [5, 5.41) is 12.3. The van der Waals surface area contributed by atoms with Crippen LogP contribution in [0.15, 0.2) is 12.1 Å². The standard InChI is InChI=1S/C11H14N2O3/c12-5-7-3-8-6-13-1-2-16-10(8)9(4-7)11(14)15/h3-4,13H,1-2,5-6,12H2,(H,14,15). The molecule has 86 valence electrons. The van der Waals surface area contributed by atoms with E-state index in [4.69, 9.17) is 15.6 Å². The molecule has 1 aliphatic heterocycles. The lowest BCUT2D eigenvalue weighted by Gasteiger charge is -2.11. The molecule has 0 atom stereocenters. The number of hydrogen-bond donors (Lipinski definition) is 3. The average Bonchev–Trinajstić information content (AvgIpc) is 2.52. The van der Waals surface area contributed by atoms with Crippen LogP contribution in [0.3, 0.4) is 0 Å². The summed E-state index contributed by atoms with van der Waals surface area (Å²) in [6, 6.07) is 3.46. The van der Waals surface area contributed by atoms with Gasteiger partial charge in [0.1, 0.15) is 17.9 Å². The van der Waals surface area contributed by atoms with Crippen LogP contribution in [0.4, 0.5) is 0 Å². The third kappa shape index (κ3) is 2.00. The van der Waals surface area contributed by atoms with Gasteiger partial charge in [0.05, 0.1) is 0 Å². The number of carboxylic acid groups (broad SMARTS) is 1. The quantitative estimate of drug-likeness (QED) is 0.671. The minimum Gasteiger partial charge on any atom is -0.491 e. The number of nitrogens with one attached hydrogen (secondary N) is 1. The maximum Gasteiger partial charge on any atom is 0.339 e. The number of rotatable bonds is 2. The zero-order valence-electron chi connectivity index (χ0n) is 8.82. The Kier molecular flexibility index (Phi) is 3.07. The number of fused-ring (bicyclic) bond motifs is 1. The number of aromatic carboxylic acids is 1. The van der Waals surface area contributed by atoms with Crippen LogP contribution in [0.25, 0.3) is 0 Å². The first kappa shape index (κ1) is 10.9. The Hall–Kier alpha value is -1.59. The lowest BCUT2D eigenvalue weighted by Crippen LogP contribution is -2.16. The second-order valence-electron chi connectivity index (χ2n) is 3.67. The van der Waals surface area contributed by atoms with Crippen LogP contribution in [0.5, 0.6) is 5.75 Å². The highest BCUT2D eigenvalue weighted by atomic mass is 16.5. The van der Waals surface area contributed by atoms with Crippen molar-refractivity contribution in [1.29, 1.82) is 0 Å². The van der Waals surface area contributed by atoms with Crippen molar-refractivity contribution < 1.29 is 14.6 Å². The van der Waals surface area contributed by atoms with Gasteiger partial charge in [0.25, 0.3) is 0 Å². The van der Waals surface area contributed by atoms with Crippen molar-refractivity contribution >= 4 is 5.97 Å². The first-order chi connectivity index (χ1) is 7.72. The lowest BCUT2D eigenvalue weighted by molar-refractivity contribution is 0.0692. The molecule has 5 nitrogen and oxygen atoms in total. The van der Waals surface area contributed by atoms with E-state index in [1.807, 2.05) is 6.07 Å². The summed E-state index contributed by atoms with van der Waals surface area (Å²) in [5.41, 5.74) is 7.40. The van der Waals surface area contributed by atoms with Gasteiger partial charge in [-0.2, -0.15) is 0 Å². The molecule has 0 aliphatic carbocycles. The van der Waals surface area contributed by atoms with Gasteiger partial charge in [-0.3, -0.25) is 0 Å². The number of ether oxygens (including phenoxy) is 1. The van der Waals surface area contributed by atoms with Crippen molar-refractivity contribution in [3.63, 3.8) is 0 Å². The van der Waals surface area contributed by atoms with E-state index in [2.05, 4.69) is 5.32 Å². The van der Waals surface area contributed by atoms with Crippen LogP contribution in [0.1, 0.15) is 21.5 Å². The second kappa shape index (κ2) is 4.51. The summed E-state index contributed by atoms with van der Waals surface area (Å²) in [6.45, 7) is 2.14. The third-order valence-electron chi connectivity index (χ3n) is 2.53. The Morgan fingerprint density at radius 1 is 1.56 bits per heavy atom. The molecule has 2 rings (SSSR count). The van der Waals surface area contributed by atoms with Crippen molar-refractivity contribution in [1.82, 2.24) is 5.32 Å². The molecule has 16 heavy (non-hydrogen) atoms. The molecule has 4 N–H and O–H groups in total. The van der Waals surface area contributed by atoms with E-state index in [0.717, 1.165) is 11.1 Å². The maximum atomic E-state index is 11.1. The van der Waals surface area contributed by atoms with Crippen molar-refractivity contribution in [3.05, 3.63) is 28.8 Å². The normalized spacial score (nSPS) is 14.8. The summed E-state index contributed by atoms with van der Waals surface area (Å²) in [5.74, 6) is -0.511. The second-order valence-corrected chi connectivity index (χ2v) is 3.67. The average molecular weight is 222 g/mol. The summed E-state index contributed by atoms with van der Waals surface area (Å²) in [7, 11) is 0. The highest BCUT2D eigenvalue weighted by Gasteiger charge is 2.18. The van der Waals surface area contributed by atoms with Gasteiger partial charge >= 0.3 is 5.97 Å².